The van der Waals surface area contributed by atoms with Gasteiger partial charge in [-0.25, -0.2) is 4.79 Å². The van der Waals surface area contributed by atoms with Gasteiger partial charge in [0.15, 0.2) is 0 Å². The first-order chi connectivity index (χ1) is 11.2. The van der Waals surface area contributed by atoms with Gasteiger partial charge in [0.2, 0.25) is 0 Å². The smallest absolute Gasteiger partial charge is 0.318 e. The van der Waals surface area contributed by atoms with Gasteiger partial charge in [-0.3, -0.25) is 9.78 Å². The second-order valence-corrected chi connectivity index (χ2v) is 5.17. The zero-order valence-electron chi connectivity index (χ0n) is 12.6. The van der Waals surface area contributed by atoms with Gasteiger partial charge in [-0.05, 0) is 24.1 Å². The van der Waals surface area contributed by atoms with Crippen molar-refractivity contribution in [3.63, 3.8) is 0 Å². The van der Waals surface area contributed by atoms with Crippen LogP contribution in [0.25, 0.3) is 0 Å². The third kappa shape index (κ3) is 2.59. The fourth-order valence-corrected chi connectivity index (χ4v) is 2.60. The third-order valence-electron chi connectivity index (χ3n) is 3.86. The Morgan fingerprint density at radius 1 is 1.17 bits per heavy atom. The molecule has 0 spiro atoms. The lowest BCUT2D eigenvalue weighted by molar-refractivity contribution is -0.131. The lowest BCUT2D eigenvalue weighted by Crippen LogP contribution is -2.43. The van der Waals surface area contributed by atoms with E-state index in [-0.39, 0.29) is 5.91 Å². The SMILES string of the molecule is CC[C@@]1(c2ccccc2)NC(=O)N(/N=C\c2ccccn2)C1=O. The second kappa shape index (κ2) is 6.00. The number of benzene rings is 1. The highest BCUT2D eigenvalue weighted by atomic mass is 16.2. The van der Waals surface area contributed by atoms with Gasteiger partial charge in [-0.1, -0.05) is 43.3 Å². The molecule has 0 unspecified atom stereocenters. The lowest BCUT2D eigenvalue weighted by atomic mass is 9.87. The van der Waals surface area contributed by atoms with Crippen LogP contribution >= 0.6 is 0 Å². The number of carbonyl (C=O) groups is 2. The van der Waals surface area contributed by atoms with E-state index in [0.717, 1.165) is 10.6 Å². The number of urea groups is 1. The Kier molecular flexibility index (Phi) is 3.89. The van der Waals surface area contributed by atoms with Crippen LogP contribution in [-0.4, -0.2) is 28.1 Å². The fourth-order valence-electron chi connectivity index (χ4n) is 2.60. The first-order valence-electron chi connectivity index (χ1n) is 7.34. The van der Waals surface area contributed by atoms with E-state index >= 15 is 0 Å². The summed E-state index contributed by atoms with van der Waals surface area (Å²) in [5.41, 5.74) is 0.248. The predicted octanol–water partition coefficient (Wildman–Crippen LogP) is 2.27. The molecule has 0 bridgehead atoms. The number of amides is 3. The number of imide groups is 1. The Morgan fingerprint density at radius 3 is 2.57 bits per heavy atom. The minimum Gasteiger partial charge on any atom is -0.318 e. The monoisotopic (exact) mass is 308 g/mol. The lowest BCUT2D eigenvalue weighted by Gasteiger charge is -2.24. The maximum atomic E-state index is 12.8. The predicted molar refractivity (Wildman–Crippen MR) is 85.6 cm³/mol. The number of carbonyl (C=O) groups excluding carboxylic acids is 2. The average Bonchev–Trinajstić information content (AvgIpc) is 2.86. The molecule has 2 aromatic rings. The van der Waals surface area contributed by atoms with Gasteiger partial charge in [0.05, 0.1) is 11.9 Å². The minimum atomic E-state index is -1.07. The zero-order valence-corrected chi connectivity index (χ0v) is 12.6. The average molecular weight is 308 g/mol. The van der Waals surface area contributed by atoms with E-state index in [2.05, 4.69) is 15.4 Å². The molecular formula is C17H16N4O2. The summed E-state index contributed by atoms with van der Waals surface area (Å²) in [6.07, 6.45) is 3.46. The summed E-state index contributed by atoms with van der Waals surface area (Å²) < 4.78 is 0. The Bertz CT molecular complexity index is 746. The Hall–Kier alpha value is -3.02. The highest BCUT2D eigenvalue weighted by Crippen LogP contribution is 2.32. The highest BCUT2D eigenvalue weighted by Gasteiger charge is 2.51. The number of nitrogens with one attached hydrogen (secondary N) is 1. The van der Waals surface area contributed by atoms with Gasteiger partial charge in [-0.15, -0.1) is 5.01 Å². The van der Waals surface area contributed by atoms with E-state index in [0.29, 0.717) is 12.1 Å². The summed E-state index contributed by atoms with van der Waals surface area (Å²) in [5.74, 6) is -0.386. The number of pyridine rings is 1. The molecule has 1 aliphatic heterocycles. The number of aromatic nitrogens is 1. The molecule has 1 fully saturated rings. The fraction of sp³-hybridized carbons (Fsp3) is 0.176. The molecule has 3 amide bonds. The molecule has 1 atom stereocenters. The van der Waals surface area contributed by atoms with E-state index in [1.54, 1.807) is 24.4 Å². The van der Waals surface area contributed by atoms with Crippen molar-refractivity contribution >= 4 is 18.2 Å². The third-order valence-corrected chi connectivity index (χ3v) is 3.86. The van der Waals surface area contributed by atoms with Crippen molar-refractivity contribution in [3.05, 3.63) is 66.0 Å². The molecule has 2 heterocycles. The van der Waals surface area contributed by atoms with Gasteiger partial charge in [-0.2, -0.15) is 5.10 Å². The summed E-state index contributed by atoms with van der Waals surface area (Å²) in [6, 6.07) is 14.0. The number of hydrazone groups is 1. The summed E-state index contributed by atoms with van der Waals surface area (Å²) >= 11 is 0. The van der Waals surface area contributed by atoms with Crippen LogP contribution in [0.5, 0.6) is 0 Å². The van der Waals surface area contributed by atoms with Crippen LogP contribution in [0.3, 0.4) is 0 Å². The van der Waals surface area contributed by atoms with E-state index < -0.39 is 11.6 Å². The van der Waals surface area contributed by atoms with Crippen LogP contribution in [-0.2, 0) is 10.3 Å². The van der Waals surface area contributed by atoms with Crippen LogP contribution in [0.1, 0.15) is 24.6 Å². The molecule has 6 heteroatoms. The quantitative estimate of drug-likeness (QED) is 0.695. The van der Waals surface area contributed by atoms with E-state index in [1.807, 2.05) is 37.3 Å². The van der Waals surface area contributed by atoms with Crippen LogP contribution in [0.4, 0.5) is 4.79 Å². The van der Waals surface area contributed by atoms with Crippen molar-refractivity contribution in [1.82, 2.24) is 15.3 Å². The van der Waals surface area contributed by atoms with Crippen molar-refractivity contribution < 1.29 is 9.59 Å². The summed E-state index contributed by atoms with van der Waals surface area (Å²) in [5, 5.41) is 7.65. The standard InChI is InChI=1S/C17H16N4O2/c1-2-17(13-8-4-3-5-9-13)15(22)21(16(23)20-17)19-12-14-10-6-7-11-18-14/h3-12H,2H2,1H3,(H,20,23)/b19-12-/t17-/m0/s1. The normalized spacial score (nSPS) is 21.0. The topological polar surface area (TPSA) is 74.7 Å². The van der Waals surface area contributed by atoms with Crippen molar-refractivity contribution in [2.75, 3.05) is 0 Å². The van der Waals surface area contributed by atoms with E-state index in [4.69, 9.17) is 0 Å². The minimum absolute atomic E-state index is 0.386. The van der Waals surface area contributed by atoms with Gasteiger partial charge < -0.3 is 5.32 Å². The Morgan fingerprint density at radius 2 is 1.91 bits per heavy atom. The first kappa shape index (κ1) is 14.9. The maximum absolute atomic E-state index is 12.8. The summed E-state index contributed by atoms with van der Waals surface area (Å²) in [7, 11) is 0. The van der Waals surface area contributed by atoms with Gasteiger partial charge in [0.25, 0.3) is 5.91 Å². The van der Waals surface area contributed by atoms with Crippen molar-refractivity contribution in [3.8, 4) is 0 Å². The summed E-state index contributed by atoms with van der Waals surface area (Å²) in [4.78, 5) is 29.1. The molecule has 0 aliphatic carbocycles. The molecular weight excluding hydrogens is 292 g/mol. The number of rotatable bonds is 4. The van der Waals surface area contributed by atoms with Crippen LogP contribution in [0.2, 0.25) is 0 Å². The van der Waals surface area contributed by atoms with Crippen LogP contribution in [0.15, 0.2) is 59.8 Å². The Balaban J connectivity index is 1.92. The molecule has 6 nitrogen and oxygen atoms in total. The van der Waals surface area contributed by atoms with Gasteiger partial charge >= 0.3 is 6.03 Å². The molecule has 1 aromatic heterocycles. The number of hydrogen-bond donors (Lipinski definition) is 1. The second-order valence-electron chi connectivity index (χ2n) is 5.17. The first-order valence-corrected chi connectivity index (χ1v) is 7.34. The van der Waals surface area contributed by atoms with E-state index in [1.165, 1.54) is 6.21 Å². The number of hydrogen-bond acceptors (Lipinski definition) is 4. The van der Waals surface area contributed by atoms with Crippen LogP contribution in [0, 0.1) is 0 Å². The molecule has 1 aromatic carbocycles. The Labute approximate surface area is 133 Å². The molecule has 0 radical (unpaired) electrons. The molecule has 116 valence electrons. The largest absolute Gasteiger partial charge is 0.346 e. The molecule has 1 N–H and O–H groups in total. The molecule has 3 rings (SSSR count). The van der Waals surface area contributed by atoms with Gasteiger partial charge in [0.1, 0.15) is 5.54 Å². The molecule has 23 heavy (non-hydrogen) atoms. The molecule has 1 aliphatic rings. The summed E-state index contributed by atoms with van der Waals surface area (Å²) in [6.45, 7) is 1.86. The van der Waals surface area contributed by atoms with Crippen molar-refractivity contribution in [1.29, 1.82) is 0 Å². The number of nitrogens with zero attached hydrogens (tertiary/aromatic N) is 3. The van der Waals surface area contributed by atoms with E-state index in [9.17, 15) is 9.59 Å². The maximum Gasteiger partial charge on any atom is 0.346 e. The molecule has 1 saturated heterocycles. The van der Waals surface area contributed by atoms with Gasteiger partial charge in [0, 0.05) is 6.20 Å². The highest BCUT2D eigenvalue weighted by molar-refractivity contribution is 6.07. The van der Waals surface area contributed by atoms with Crippen molar-refractivity contribution in [2.45, 2.75) is 18.9 Å². The van der Waals surface area contributed by atoms with Crippen molar-refractivity contribution in [2.24, 2.45) is 5.10 Å². The zero-order chi connectivity index (χ0) is 16.3. The van der Waals surface area contributed by atoms with Crippen LogP contribution < -0.4 is 5.32 Å². The molecule has 0 saturated carbocycles.